The molecule has 4 unspecified atom stereocenters. The van der Waals surface area contributed by atoms with Crippen LogP contribution in [0.1, 0.15) is 441 Å². The zero-order chi connectivity index (χ0) is 92.6. The third-order valence-electron chi connectivity index (χ3n) is 21.8. The number of phosphoric acid groups is 2. The fraction of sp³-hybridized carbons (Fsp3) is 0.848. The van der Waals surface area contributed by atoms with Crippen molar-refractivity contribution in [2.24, 2.45) is 0 Å². The van der Waals surface area contributed by atoms with E-state index < -0.39 is 96.4 Å². The summed E-state index contributed by atoms with van der Waals surface area (Å²) in [6.07, 6.45) is 67.2. The summed E-state index contributed by atoms with van der Waals surface area (Å²) >= 11 is 0. The van der Waals surface area contributed by atoms with Gasteiger partial charge >= 0.3 is 45.6 Å². The number of ether oxygens (including phenoxy) is 6. The molecule has 0 bridgehead atoms. The average Bonchev–Trinajstić information content (AvgIpc) is 0.906. The van der Waals surface area contributed by atoms with Gasteiger partial charge in [-0.05, 0) is 154 Å². The minimum Gasteiger partial charge on any atom is -0.462 e. The van der Waals surface area contributed by atoms with E-state index in [9.17, 15) is 52.5 Å². The minimum atomic E-state index is -4.86. The number of allylic oxidation sites excluding steroid dienone is 8. The fourth-order valence-corrected chi connectivity index (χ4v) is 15.8. The minimum absolute atomic E-state index is 0.132. The van der Waals surface area contributed by atoms with Crippen LogP contribution in [0, 0.1) is 0 Å². The van der Waals surface area contributed by atoms with Gasteiger partial charge in [0.2, 0.25) is 11.8 Å². The summed E-state index contributed by atoms with van der Waals surface area (Å²) in [6, 6.07) is -2.78. The number of esters is 4. The van der Waals surface area contributed by atoms with Crippen LogP contribution in [0.3, 0.4) is 0 Å². The Morgan fingerprint density at radius 1 is 0.278 bits per heavy atom. The Morgan fingerprint density at radius 2 is 0.516 bits per heavy atom. The van der Waals surface area contributed by atoms with Crippen LogP contribution in [0.2, 0.25) is 0 Å². The van der Waals surface area contributed by atoms with E-state index in [-0.39, 0.29) is 102 Å². The van der Waals surface area contributed by atoms with E-state index >= 15 is 0 Å². The number of carbonyl (C=O) groups is 7. The van der Waals surface area contributed by atoms with Crippen LogP contribution in [0.15, 0.2) is 48.6 Å². The summed E-state index contributed by atoms with van der Waals surface area (Å²) in [4.78, 5) is 116. The molecule has 27 heteroatoms. The standard InChI is InChI=1S/C99H184N4O21P2/c1-9-17-25-33-37-41-45-53-61-69-95(106)121-89(65-57-49-29-21-13-5)73-77-115-83-87(102-93(104)81-91(67-59-51-31-23-15-7)123-97(108)71-63-55-47-43-39-35-27-19-11-3)85-119-125(111,112)117-79-75-100-99(110)101-76-80-118-126(113,114)120-86-88(84-116-78-74-90(66-58-50-30-22-14-6)122-96(107)70-62-54-46-42-38-34-26-18-10-2)103-94(105)82-92(68-60-52-32-24-16-8)124-98(109)72-64-56-48-44-40-36-28-20-12-4/h41-48,87-92H,9-40,49-86H2,1-8H3,(H,102,104)(H,103,105)(H,111,112)(H,113,114)(H2,100,101,110)/t87?,88?,89-,90-,91-,92-/m1/s1. The van der Waals surface area contributed by atoms with Crippen LogP contribution in [0.4, 0.5) is 4.79 Å². The lowest BCUT2D eigenvalue weighted by Gasteiger charge is -2.23. The van der Waals surface area contributed by atoms with Gasteiger partial charge in [0.05, 0.1) is 77.8 Å². The lowest BCUT2D eigenvalue weighted by molar-refractivity contribution is -0.152. The Morgan fingerprint density at radius 3 is 0.786 bits per heavy atom. The number of amides is 4. The maximum atomic E-state index is 14.0. The Balaban J connectivity index is 6.38. The smallest absolute Gasteiger partial charge is 0.462 e. The molecule has 25 nitrogen and oxygen atoms in total. The van der Waals surface area contributed by atoms with E-state index in [2.05, 4.69) is 125 Å². The van der Waals surface area contributed by atoms with Crippen molar-refractivity contribution in [1.82, 2.24) is 21.3 Å². The van der Waals surface area contributed by atoms with Crippen molar-refractivity contribution in [2.75, 3.05) is 65.9 Å². The molecule has 8 atom stereocenters. The molecular weight excluding hydrogens is 1640 g/mol. The van der Waals surface area contributed by atoms with Gasteiger partial charge < -0.3 is 59.5 Å². The normalized spacial score (nSPS) is 14.2. The van der Waals surface area contributed by atoms with E-state index in [1.807, 2.05) is 0 Å². The first-order valence-corrected chi connectivity index (χ1v) is 53.5. The van der Waals surface area contributed by atoms with Crippen molar-refractivity contribution in [2.45, 2.75) is 477 Å². The summed E-state index contributed by atoms with van der Waals surface area (Å²) < 4.78 is 84.7. The van der Waals surface area contributed by atoms with Gasteiger partial charge in [0.1, 0.15) is 24.4 Å². The van der Waals surface area contributed by atoms with Crippen molar-refractivity contribution in [3.05, 3.63) is 48.6 Å². The van der Waals surface area contributed by atoms with Gasteiger partial charge in [0, 0.05) is 51.6 Å². The molecule has 0 saturated heterocycles. The molecule has 0 aliphatic carbocycles. The number of unbranched alkanes of at least 4 members (excludes halogenated alkanes) is 36. The molecule has 0 radical (unpaired) electrons. The highest BCUT2D eigenvalue weighted by Crippen LogP contribution is 2.44. The first-order valence-electron chi connectivity index (χ1n) is 50.6. The maximum Gasteiger partial charge on any atom is 0.472 e. The largest absolute Gasteiger partial charge is 0.472 e. The van der Waals surface area contributed by atoms with Crippen LogP contribution in [0.25, 0.3) is 0 Å². The lowest BCUT2D eigenvalue weighted by atomic mass is 10.1. The van der Waals surface area contributed by atoms with Crippen molar-refractivity contribution < 1.29 is 99.0 Å². The number of hydrogen-bond acceptors (Lipinski definition) is 19. The maximum absolute atomic E-state index is 14.0. The summed E-state index contributed by atoms with van der Waals surface area (Å²) in [5.41, 5.74) is 0. The summed E-state index contributed by atoms with van der Waals surface area (Å²) in [7, 11) is -9.73. The van der Waals surface area contributed by atoms with Crippen molar-refractivity contribution in [1.29, 1.82) is 0 Å². The fourth-order valence-electron chi connectivity index (χ4n) is 14.3. The van der Waals surface area contributed by atoms with E-state index in [0.29, 0.717) is 64.2 Å². The second kappa shape index (κ2) is 89.4. The number of carbonyl (C=O) groups excluding carboxylic acids is 7. The number of hydrogen-bond donors (Lipinski definition) is 6. The Bertz CT molecular complexity index is 2650. The molecule has 0 aromatic rings. The average molecular weight is 1830 g/mol. The van der Waals surface area contributed by atoms with Crippen LogP contribution in [-0.4, -0.2) is 154 Å². The highest BCUT2D eigenvalue weighted by molar-refractivity contribution is 7.47. The highest BCUT2D eigenvalue weighted by Gasteiger charge is 2.30. The third-order valence-corrected chi connectivity index (χ3v) is 23.8. The van der Waals surface area contributed by atoms with Crippen molar-refractivity contribution in [3.8, 4) is 0 Å². The second-order valence-corrected chi connectivity index (χ2v) is 37.1. The van der Waals surface area contributed by atoms with Crippen molar-refractivity contribution in [3.63, 3.8) is 0 Å². The summed E-state index contributed by atoms with van der Waals surface area (Å²) in [6.45, 7) is 14.6. The monoisotopic (exact) mass is 1830 g/mol. The van der Waals surface area contributed by atoms with Gasteiger partial charge in [-0.1, -0.05) is 284 Å². The van der Waals surface area contributed by atoms with Crippen LogP contribution >= 0.6 is 15.6 Å². The molecule has 0 fully saturated rings. The molecule has 126 heavy (non-hydrogen) atoms. The highest BCUT2D eigenvalue weighted by atomic mass is 31.2. The van der Waals surface area contributed by atoms with Gasteiger partial charge in [-0.15, -0.1) is 0 Å². The molecule has 0 spiro atoms. The molecule has 0 heterocycles. The molecule has 736 valence electrons. The lowest BCUT2D eigenvalue weighted by Crippen LogP contribution is -2.43. The molecule has 0 aromatic carbocycles. The number of rotatable bonds is 94. The molecule has 0 aliphatic heterocycles. The number of urea groups is 1. The van der Waals surface area contributed by atoms with Gasteiger partial charge in [0.15, 0.2) is 0 Å². The Kier molecular flexibility index (Phi) is 86.0. The Labute approximate surface area is 765 Å². The van der Waals surface area contributed by atoms with Crippen molar-refractivity contribution >= 4 is 57.4 Å². The first kappa shape index (κ1) is 121. The third kappa shape index (κ3) is 83.5. The predicted molar refractivity (Wildman–Crippen MR) is 509 cm³/mol. The molecule has 0 saturated carbocycles. The zero-order valence-electron chi connectivity index (χ0n) is 80.6. The summed E-state index contributed by atoms with van der Waals surface area (Å²) in [5.74, 6) is -2.30. The molecule has 0 aliphatic rings. The summed E-state index contributed by atoms with van der Waals surface area (Å²) in [5, 5.41) is 10.7. The van der Waals surface area contributed by atoms with Crippen LogP contribution in [-0.2, 0) is 84.4 Å². The Hall–Kier alpha value is -4.81. The van der Waals surface area contributed by atoms with Gasteiger partial charge in [-0.3, -0.25) is 46.9 Å². The van der Waals surface area contributed by atoms with Gasteiger partial charge in [-0.25, -0.2) is 13.9 Å². The molecule has 4 amide bonds. The van der Waals surface area contributed by atoms with E-state index in [1.54, 1.807) is 0 Å². The second-order valence-electron chi connectivity index (χ2n) is 34.2. The van der Waals surface area contributed by atoms with Crippen LogP contribution < -0.4 is 21.3 Å². The number of nitrogens with one attached hydrogen (secondary N) is 4. The van der Waals surface area contributed by atoms with Gasteiger partial charge in [-0.2, -0.15) is 0 Å². The van der Waals surface area contributed by atoms with E-state index in [4.69, 9.17) is 46.5 Å². The molecule has 0 rings (SSSR count). The predicted octanol–water partition coefficient (Wildman–Crippen LogP) is 25.0. The number of phosphoric ester groups is 2. The molecule has 0 aromatic heterocycles. The van der Waals surface area contributed by atoms with Gasteiger partial charge in [0.25, 0.3) is 0 Å². The first-order chi connectivity index (χ1) is 61.2. The topological polar surface area (TPSA) is 335 Å². The molecule has 6 N–H and O–H groups in total. The zero-order valence-corrected chi connectivity index (χ0v) is 82.4. The van der Waals surface area contributed by atoms with E-state index in [1.165, 1.54) is 77.0 Å². The SMILES string of the molecule is CCCCCCC=CCCCC(=O)O[C@H](CCCCCCC)CCOCC(COP(=O)(O)OCCNC(=O)NCCOP(=O)(O)OCC(COCC[C@@H](CCCCCCC)OC(=O)CCCC=CCCCCCC)NC(=O)C[C@@H](CCCCCCC)OC(=O)CCCC=CCCCCCC)NC(=O)C[C@@H](CCCCCCC)OC(=O)CCCC=CCCCCCC. The van der Waals surface area contributed by atoms with Crippen LogP contribution in [0.5, 0.6) is 0 Å². The van der Waals surface area contributed by atoms with E-state index in [0.717, 1.165) is 205 Å². The molecular formula is C99H184N4O21P2. The quantitative estimate of drug-likeness (QED) is 0.0108.